The van der Waals surface area contributed by atoms with Crippen molar-refractivity contribution in [2.24, 2.45) is 0 Å². The van der Waals surface area contributed by atoms with Crippen LogP contribution in [0.15, 0.2) is 66.9 Å². The average molecular weight is 262 g/mol. The second kappa shape index (κ2) is 5.30. The van der Waals surface area contributed by atoms with Crippen molar-refractivity contribution in [3.05, 3.63) is 78.0 Å². The number of pyridine rings is 1. The molecule has 0 N–H and O–H groups in total. The molecular formula is C19H17N. The quantitative estimate of drug-likeness (QED) is 0.631. The normalized spacial score (nSPS) is 13.3. The number of nitrogens with zero attached hydrogens (tertiary/aromatic N) is 1. The van der Waals surface area contributed by atoms with Crippen molar-refractivity contribution in [1.82, 2.24) is 4.98 Å². The minimum Gasteiger partial charge on any atom is -0.256 e. The molecule has 1 aromatic heterocycles. The van der Waals surface area contributed by atoms with Crippen LogP contribution in [0, 0.1) is 13.8 Å². The first-order chi connectivity index (χ1) is 10.9. The molecule has 0 bridgehead atoms. The predicted octanol–water partition coefficient (Wildman–Crippen LogP) is 5.03. The molecule has 0 saturated heterocycles. The van der Waals surface area contributed by atoms with Crippen LogP contribution in [0.2, 0.25) is 0 Å². The lowest BCUT2D eigenvalue weighted by atomic mass is 9.97. The Kier molecular flexibility index (Phi) is 2.51. The molecule has 3 rings (SSSR count). The number of aromatic nitrogens is 1. The SMILES string of the molecule is [2H]C([2H])([2H])c1ccc(-c2ccc(C)cn2)cc1-c1ccccc1. The lowest BCUT2D eigenvalue weighted by Gasteiger charge is -2.09. The molecule has 0 atom stereocenters. The van der Waals surface area contributed by atoms with Crippen molar-refractivity contribution in [3.8, 4) is 22.4 Å². The van der Waals surface area contributed by atoms with Gasteiger partial charge in [-0.05, 0) is 48.2 Å². The number of aryl methyl sites for hydroxylation is 2. The second-order valence-corrected chi connectivity index (χ2v) is 4.85. The summed E-state index contributed by atoms with van der Waals surface area (Å²) in [5.41, 5.74) is 4.83. The van der Waals surface area contributed by atoms with E-state index in [-0.39, 0.29) is 0 Å². The van der Waals surface area contributed by atoms with Crippen molar-refractivity contribution < 1.29 is 4.11 Å². The van der Waals surface area contributed by atoms with E-state index in [1.54, 1.807) is 6.07 Å². The summed E-state index contributed by atoms with van der Waals surface area (Å²) in [5.74, 6) is 0. The van der Waals surface area contributed by atoms with E-state index in [9.17, 15) is 0 Å². The second-order valence-electron chi connectivity index (χ2n) is 4.85. The minimum absolute atomic E-state index is 0.361. The highest BCUT2D eigenvalue weighted by molar-refractivity contribution is 5.74. The van der Waals surface area contributed by atoms with Gasteiger partial charge < -0.3 is 0 Å². The van der Waals surface area contributed by atoms with Crippen LogP contribution < -0.4 is 0 Å². The molecular weight excluding hydrogens is 242 g/mol. The highest BCUT2D eigenvalue weighted by atomic mass is 14.7. The highest BCUT2D eigenvalue weighted by Gasteiger charge is 2.05. The van der Waals surface area contributed by atoms with Gasteiger partial charge in [0.05, 0.1) is 5.69 Å². The molecule has 0 unspecified atom stereocenters. The molecule has 0 fully saturated rings. The van der Waals surface area contributed by atoms with Crippen LogP contribution >= 0.6 is 0 Å². The summed E-state index contributed by atoms with van der Waals surface area (Å²) < 4.78 is 23.4. The lowest BCUT2D eigenvalue weighted by Crippen LogP contribution is -1.88. The van der Waals surface area contributed by atoms with Gasteiger partial charge in [0.15, 0.2) is 0 Å². The number of benzene rings is 2. The lowest BCUT2D eigenvalue weighted by molar-refractivity contribution is 1.27. The van der Waals surface area contributed by atoms with Crippen LogP contribution in [0.4, 0.5) is 0 Å². The molecule has 0 spiro atoms. The van der Waals surface area contributed by atoms with Gasteiger partial charge >= 0.3 is 0 Å². The Morgan fingerprint density at radius 1 is 0.900 bits per heavy atom. The average Bonchev–Trinajstić information content (AvgIpc) is 2.55. The van der Waals surface area contributed by atoms with Gasteiger partial charge in [-0.15, -0.1) is 0 Å². The van der Waals surface area contributed by atoms with Gasteiger partial charge in [-0.25, -0.2) is 0 Å². The highest BCUT2D eigenvalue weighted by Crippen LogP contribution is 2.28. The summed E-state index contributed by atoms with van der Waals surface area (Å²) in [6, 6.07) is 19.0. The van der Waals surface area contributed by atoms with Crippen LogP contribution in [-0.2, 0) is 0 Å². The third kappa shape index (κ3) is 2.48. The molecule has 0 saturated carbocycles. The van der Waals surface area contributed by atoms with Crippen LogP contribution in [-0.4, -0.2) is 4.98 Å². The van der Waals surface area contributed by atoms with Gasteiger partial charge in [-0.1, -0.05) is 48.5 Å². The number of hydrogen-bond donors (Lipinski definition) is 0. The zero-order valence-corrected chi connectivity index (χ0v) is 11.3. The number of hydrogen-bond acceptors (Lipinski definition) is 1. The van der Waals surface area contributed by atoms with Crippen molar-refractivity contribution in [2.45, 2.75) is 13.8 Å². The Hall–Kier alpha value is -2.41. The fraction of sp³-hybridized carbons (Fsp3) is 0.105. The first kappa shape index (κ1) is 9.49. The minimum atomic E-state index is -2.15. The molecule has 0 aliphatic heterocycles. The summed E-state index contributed by atoms with van der Waals surface area (Å²) in [6.45, 7) is -0.158. The Morgan fingerprint density at radius 3 is 2.45 bits per heavy atom. The van der Waals surface area contributed by atoms with Crippen molar-refractivity contribution >= 4 is 0 Å². The molecule has 3 aromatic rings. The van der Waals surface area contributed by atoms with Gasteiger partial charge in [0, 0.05) is 15.9 Å². The standard InChI is InChI=1S/C19H17N/c1-14-8-11-19(20-13-14)17-10-9-15(2)18(12-17)16-6-4-3-5-7-16/h3-13H,1-2H3/i2D3. The van der Waals surface area contributed by atoms with Crippen LogP contribution in [0.1, 0.15) is 15.2 Å². The molecule has 20 heavy (non-hydrogen) atoms. The monoisotopic (exact) mass is 262 g/mol. The van der Waals surface area contributed by atoms with E-state index in [1.807, 2.05) is 67.7 Å². The van der Waals surface area contributed by atoms with Crippen LogP contribution in [0.3, 0.4) is 0 Å². The van der Waals surface area contributed by atoms with Gasteiger partial charge in [0.2, 0.25) is 0 Å². The molecule has 0 aliphatic carbocycles. The fourth-order valence-corrected chi connectivity index (χ4v) is 2.20. The van der Waals surface area contributed by atoms with Crippen molar-refractivity contribution in [3.63, 3.8) is 0 Å². The van der Waals surface area contributed by atoms with Crippen LogP contribution in [0.25, 0.3) is 22.4 Å². The zero-order valence-electron chi connectivity index (χ0n) is 14.3. The maximum atomic E-state index is 7.78. The number of rotatable bonds is 2. The predicted molar refractivity (Wildman–Crippen MR) is 84.6 cm³/mol. The molecule has 98 valence electrons. The van der Waals surface area contributed by atoms with E-state index in [2.05, 4.69) is 4.98 Å². The van der Waals surface area contributed by atoms with Gasteiger partial charge in [-0.2, -0.15) is 0 Å². The zero-order chi connectivity index (χ0) is 16.4. The molecule has 2 aromatic carbocycles. The topological polar surface area (TPSA) is 12.9 Å². The van der Waals surface area contributed by atoms with E-state index in [0.29, 0.717) is 5.56 Å². The largest absolute Gasteiger partial charge is 0.256 e. The third-order valence-corrected chi connectivity index (χ3v) is 3.31. The van der Waals surface area contributed by atoms with E-state index >= 15 is 0 Å². The van der Waals surface area contributed by atoms with Crippen LogP contribution in [0.5, 0.6) is 0 Å². The first-order valence-electron chi connectivity index (χ1n) is 8.08. The maximum Gasteiger partial charge on any atom is 0.0702 e. The fourth-order valence-electron chi connectivity index (χ4n) is 2.20. The van der Waals surface area contributed by atoms with Gasteiger partial charge in [0.25, 0.3) is 0 Å². The van der Waals surface area contributed by atoms with Crippen molar-refractivity contribution in [2.75, 3.05) is 0 Å². The van der Waals surface area contributed by atoms with E-state index in [4.69, 9.17) is 4.11 Å². The summed E-state index contributed by atoms with van der Waals surface area (Å²) in [4.78, 5) is 4.43. The molecule has 1 heteroatoms. The molecule has 0 radical (unpaired) electrons. The Bertz CT molecular complexity index is 806. The Labute approximate surface area is 124 Å². The summed E-state index contributed by atoms with van der Waals surface area (Å²) in [7, 11) is 0. The molecule has 1 nitrogen and oxygen atoms in total. The Morgan fingerprint density at radius 2 is 1.75 bits per heavy atom. The maximum absolute atomic E-state index is 7.78. The van der Waals surface area contributed by atoms with E-state index < -0.39 is 6.85 Å². The smallest absolute Gasteiger partial charge is 0.0702 e. The van der Waals surface area contributed by atoms with Gasteiger partial charge in [0.1, 0.15) is 0 Å². The van der Waals surface area contributed by atoms with E-state index in [0.717, 1.165) is 27.9 Å². The first-order valence-corrected chi connectivity index (χ1v) is 6.58. The Balaban J connectivity index is 2.17. The van der Waals surface area contributed by atoms with E-state index in [1.165, 1.54) is 0 Å². The van der Waals surface area contributed by atoms with Gasteiger partial charge in [-0.3, -0.25) is 4.98 Å². The molecule has 0 amide bonds. The summed E-state index contributed by atoms with van der Waals surface area (Å²) in [6.07, 6.45) is 1.81. The molecule has 0 aliphatic rings. The summed E-state index contributed by atoms with van der Waals surface area (Å²) >= 11 is 0. The third-order valence-electron chi connectivity index (χ3n) is 3.31. The summed E-state index contributed by atoms with van der Waals surface area (Å²) in [5, 5.41) is 0. The van der Waals surface area contributed by atoms with Crippen molar-refractivity contribution in [1.29, 1.82) is 0 Å². The molecule has 1 heterocycles.